The van der Waals surface area contributed by atoms with Crippen LogP contribution in [0.25, 0.3) is 10.9 Å². The predicted octanol–water partition coefficient (Wildman–Crippen LogP) is 3.50. The van der Waals surface area contributed by atoms with Crippen LogP contribution in [0.1, 0.15) is 11.3 Å². The summed E-state index contributed by atoms with van der Waals surface area (Å²) in [5, 5.41) is 4.72. The first-order valence-electron chi connectivity index (χ1n) is 6.98. The van der Waals surface area contributed by atoms with E-state index in [1.807, 2.05) is 12.1 Å². The molecule has 1 N–H and O–H groups in total. The predicted molar refractivity (Wildman–Crippen MR) is 85.8 cm³/mol. The van der Waals surface area contributed by atoms with E-state index in [9.17, 15) is 0 Å². The summed E-state index contributed by atoms with van der Waals surface area (Å²) in [6, 6.07) is 12.3. The zero-order valence-electron chi connectivity index (χ0n) is 12.6. The van der Waals surface area contributed by atoms with Crippen LogP contribution < -0.4 is 10.1 Å². The number of nitrogens with one attached hydrogen (secondary N) is 1. The van der Waals surface area contributed by atoms with Gasteiger partial charge in [0, 0.05) is 29.8 Å². The van der Waals surface area contributed by atoms with E-state index >= 15 is 0 Å². The molecule has 3 aromatic rings. The molecule has 1 aromatic carbocycles. The number of aryl methyl sites for hydroxylation is 2. The van der Waals surface area contributed by atoms with Gasteiger partial charge in [0.2, 0.25) is 5.88 Å². The van der Waals surface area contributed by atoms with Crippen molar-refractivity contribution >= 4 is 16.6 Å². The summed E-state index contributed by atoms with van der Waals surface area (Å²) in [7, 11) is 3.74. The lowest BCUT2D eigenvalue weighted by Gasteiger charge is -2.11. The summed E-state index contributed by atoms with van der Waals surface area (Å²) in [4.78, 5) is 4.21. The second kappa shape index (κ2) is 5.48. The second-order valence-electron chi connectivity index (χ2n) is 5.06. The number of pyridine rings is 1. The Bertz CT molecular complexity index is 738. The largest absolute Gasteiger partial charge is 0.480 e. The number of ether oxygens (including phenoxy) is 1. The lowest BCUT2D eigenvalue weighted by Crippen LogP contribution is -2.07. The van der Waals surface area contributed by atoms with Gasteiger partial charge in [-0.2, -0.15) is 0 Å². The third-order valence-corrected chi connectivity index (χ3v) is 3.92. The molecule has 0 atom stereocenters. The van der Waals surface area contributed by atoms with Crippen LogP contribution >= 0.6 is 0 Å². The molecule has 0 bridgehead atoms. The third kappa shape index (κ3) is 2.33. The summed E-state index contributed by atoms with van der Waals surface area (Å²) in [5.74, 6) is 0.619. The number of para-hydroxylation sites is 1. The van der Waals surface area contributed by atoms with Crippen LogP contribution in [-0.4, -0.2) is 16.7 Å². The molecule has 0 aliphatic heterocycles. The van der Waals surface area contributed by atoms with Crippen molar-refractivity contribution in [1.29, 1.82) is 0 Å². The quantitative estimate of drug-likeness (QED) is 0.795. The van der Waals surface area contributed by atoms with Crippen LogP contribution in [0, 0.1) is 6.92 Å². The van der Waals surface area contributed by atoms with Crippen molar-refractivity contribution in [2.24, 2.45) is 7.05 Å². The molecule has 2 aromatic heterocycles. The highest BCUT2D eigenvalue weighted by Crippen LogP contribution is 2.26. The summed E-state index contributed by atoms with van der Waals surface area (Å²) in [5.41, 5.74) is 4.74. The molecule has 3 rings (SSSR count). The van der Waals surface area contributed by atoms with E-state index in [4.69, 9.17) is 4.74 Å². The minimum absolute atomic E-state index is 0.619. The van der Waals surface area contributed by atoms with Crippen molar-refractivity contribution < 1.29 is 4.74 Å². The number of methoxy groups -OCH3 is 1. The SMILES string of the molecule is COc1ncccc1NCc1c(C)c2ccccc2n1C. The third-order valence-electron chi connectivity index (χ3n) is 3.92. The summed E-state index contributed by atoms with van der Waals surface area (Å²) >= 11 is 0. The van der Waals surface area contributed by atoms with Crippen molar-refractivity contribution in [3.8, 4) is 5.88 Å². The van der Waals surface area contributed by atoms with E-state index in [1.165, 1.54) is 22.2 Å². The van der Waals surface area contributed by atoms with Crippen molar-refractivity contribution in [3.63, 3.8) is 0 Å². The lowest BCUT2D eigenvalue weighted by atomic mass is 10.1. The maximum Gasteiger partial charge on any atom is 0.237 e. The van der Waals surface area contributed by atoms with E-state index in [0.717, 1.165) is 12.2 Å². The normalized spacial score (nSPS) is 10.8. The van der Waals surface area contributed by atoms with Crippen molar-refractivity contribution in [2.45, 2.75) is 13.5 Å². The van der Waals surface area contributed by atoms with E-state index in [2.05, 4.69) is 53.1 Å². The molecule has 0 saturated heterocycles. The number of nitrogens with zero attached hydrogens (tertiary/aromatic N) is 2. The van der Waals surface area contributed by atoms with E-state index in [0.29, 0.717) is 5.88 Å². The van der Waals surface area contributed by atoms with Gasteiger partial charge in [-0.15, -0.1) is 0 Å². The fourth-order valence-electron chi connectivity index (χ4n) is 2.75. The minimum atomic E-state index is 0.619. The Kier molecular flexibility index (Phi) is 3.52. The molecule has 4 nitrogen and oxygen atoms in total. The average Bonchev–Trinajstić information content (AvgIpc) is 2.78. The molecule has 108 valence electrons. The average molecular weight is 281 g/mol. The molecule has 0 aliphatic rings. The second-order valence-corrected chi connectivity index (χ2v) is 5.06. The monoisotopic (exact) mass is 281 g/mol. The highest BCUT2D eigenvalue weighted by molar-refractivity contribution is 5.85. The first-order chi connectivity index (χ1) is 10.2. The molecule has 0 amide bonds. The number of benzene rings is 1. The van der Waals surface area contributed by atoms with Crippen LogP contribution in [0.3, 0.4) is 0 Å². The van der Waals surface area contributed by atoms with Gasteiger partial charge in [-0.3, -0.25) is 0 Å². The first-order valence-corrected chi connectivity index (χ1v) is 6.98. The zero-order chi connectivity index (χ0) is 14.8. The Morgan fingerprint density at radius 2 is 2.00 bits per heavy atom. The summed E-state index contributed by atoms with van der Waals surface area (Å²) in [6.07, 6.45) is 1.73. The highest BCUT2D eigenvalue weighted by Gasteiger charge is 2.11. The van der Waals surface area contributed by atoms with Crippen LogP contribution in [0.15, 0.2) is 42.6 Å². The van der Waals surface area contributed by atoms with Gasteiger partial charge in [-0.25, -0.2) is 4.98 Å². The molecule has 0 radical (unpaired) electrons. The van der Waals surface area contributed by atoms with Gasteiger partial charge in [-0.05, 0) is 30.7 Å². The van der Waals surface area contributed by atoms with Crippen molar-refractivity contribution in [1.82, 2.24) is 9.55 Å². The van der Waals surface area contributed by atoms with Crippen LogP contribution in [0.5, 0.6) is 5.88 Å². The molecule has 0 aliphatic carbocycles. The van der Waals surface area contributed by atoms with Crippen molar-refractivity contribution in [2.75, 3.05) is 12.4 Å². The number of rotatable bonds is 4. The van der Waals surface area contributed by atoms with Gasteiger partial charge in [0.1, 0.15) is 0 Å². The molecule has 0 unspecified atom stereocenters. The molecule has 0 saturated carbocycles. The maximum absolute atomic E-state index is 5.27. The van der Waals surface area contributed by atoms with Gasteiger partial charge < -0.3 is 14.6 Å². The van der Waals surface area contributed by atoms with Gasteiger partial charge in [0.25, 0.3) is 0 Å². The molecule has 21 heavy (non-hydrogen) atoms. The molecule has 0 fully saturated rings. The number of fused-ring (bicyclic) bond motifs is 1. The Balaban J connectivity index is 1.92. The molecule has 4 heteroatoms. The number of anilines is 1. The Morgan fingerprint density at radius 1 is 1.19 bits per heavy atom. The van der Waals surface area contributed by atoms with Gasteiger partial charge in [0.15, 0.2) is 0 Å². The molecular weight excluding hydrogens is 262 g/mol. The number of hydrogen-bond donors (Lipinski definition) is 1. The van der Waals surface area contributed by atoms with Gasteiger partial charge in [-0.1, -0.05) is 18.2 Å². The fourth-order valence-corrected chi connectivity index (χ4v) is 2.75. The standard InChI is InChI=1S/C17H19N3O/c1-12-13-7-4-5-9-15(13)20(2)16(12)11-19-14-8-6-10-18-17(14)21-3/h4-10,19H,11H2,1-3H3. The lowest BCUT2D eigenvalue weighted by molar-refractivity contribution is 0.399. The Labute approximate surface area is 124 Å². The maximum atomic E-state index is 5.27. The van der Waals surface area contributed by atoms with E-state index in [1.54, 1.807) is 13.3 Å². The number of hydrogen-bond acceptors (Lipinski definition) is 3. The smallest absolute Gasteiger partial charge is 0.237 e. The zero-order valence-corrected chi connectivity index (χ0v) is 12.6. The van der Waals surface area contributed by atoms with Crippen LogP contribution in [-0.2, 0) is 13.6 Å². The number of aromatic nitrogens is 2. The van der Waals surface area contributed by atoms with Gasteiger partial charge in [0.05, 0.1) is 19.3 Å². The topological polar surface area (TPSA) is 39.1 Å². The van der Waals surface area contributed by atoms with Crippen LogP contribution in [0.2, 0.25) is 0 Å². The molecule has 0 spiro atoms. The van der Waals surface area contributed by atoms with E-state index < -0.39 is 0 Å². The van der Waals surface area contributed by atoms with E-state index in [-0.39, 0.29) is 0 Å². The van der Waals surface area contributed by atoms with Crippen LogP contribution in [0.4, 0.5) is 5.69 Å². The highest BCUT2D eigenvalue weighted by atomic mass is 16.5. The van der Waals surface area contributed by atoms with Gasteiger partial charge >= 0.3 is 0 Å². The van der Waals surface area contributed by atoms with Crippen molar-refractivity contribution in [3.05, 3.63) is 53.9 Å². The molecule has 2 heterocycles. The Morgan fingerprint density at radius 3 is 2.76 bits per heavy atom. The Hall–Kier alpha value is -2.49. The summed E-state index contributed by atoms with van der Waals surface area (Å²) in [6.45, 7) is 2.90. The molecular formula is C17H19N3O. The first kappa shape index (κ1) is 13.5. The summed E-state index contributed by atoms with van der Waals surface area (Å²) < 4.78 is 7.51. The minimum Gasteiger partial charge on any atom is -0.480 e. The fraction of sp³-hybridized carbons (Fsp3) is 0.235.